The molecule has 1 N–H and O–H groups in total. The molecule has 2 aromatic rings. The fourth-order valence-electron chi connectivity index (χ4n) is 3.11. The summed E-state index contributed by atoms with van der Waals surface area (Å²) in [5.74, 6) is 0. The number of rotatable bonds is 3. The molecule has 5 heteroatoms. The van der Waals surface area contributed by atoms with E-state index in [-0.39, 0.29) is 5.41 Å². The average Bonchev–Trinajstić information content (AvgIpc) is 3.04. The largest absolute Gasteiger partial charge is 0.383 e. The van der Waals surface area contributed by atoms with Crippen LogP contribution in [0.1, 0.15) is 32.3 Å². The van der Waals surface area contributed by atoms with Crippen molar-refractivity contribution in [2.24, 2.45) is 5.41 Å². The molecular weight excluding hydrogens is 298 g/mol. The van der Waals surface area contributed by atoms with Gasteiger partial charge in [-0.25, -0.2) is 9.67 Å². The molecule has 0 aliphatic heterocycles. The van der Waals surface area contributed by atoms with Crippen molar-refractivity contribution >= 4 is 17.7 Å². The van der Waals surface area contributed by atoms with Crippen LogP contribution in [0.4, 0.5) is 0 Å². The van der Waals surface area contributed by atoms with Crippen LogP contribution < -0.4 is 0 Å². The lowest BCUT2D eigenvalue weighted by molar-refractivity contribution is -0.0298. The van der Waals surface area contributed by atoms with Gasteiger partial charge in [-0.05, 0) is 41.5 Å². The zero-order valence-electron chi connectivity index (χ0n) is 12.8. The molecule has 1 saturated carbocycles. The van der Waals surface area contributed by atoms with E-state index < -0.39 is 5.60 Å². The molecule has 0 bridgehead atoms. The number of aliphatic hydroxyl groups is 1. The van der Waals surface area contributed by atoms with Gasteiger partial charge in [0.1, 0.15) is 18.3 Å². The van der Waals surface area contributed by atoms with E-state index in [0.29, 0.717) is 11.6 Å². The summed E-state index contributed by atoms with van der Waals surface area (Å²) in [5.41, 5.74) is 0.946. The van der Waals surface area contributed by atoms with E-state index in [0.717, 1.165) is 24.0 Å². The van der Waals surface area contributed by atoms with E-state index in [1.54, 1.807) is 11.0 Å². The lowest BCUT2D eigenvalue weighted by Crippen LogP contribution is -2.45. The smallest absolute Gasteiger partial charge is 0.137 e. The lowest BCUT2D eigenvalue weighted by atomic mass is 9.76. The molecule has 0 spiro atoms. The number of benzene rings is 1. The van der Waals surface area contributed by atoms with Crippen molar-refractivity contribution in [3.05, 3.63) is 53.1 Å². The van der Waals surface area contributed by atoms with Crippen molar-refractivity contribution in [3.8, 4) is 0 Å². The molecular formula is C17H20ClN3O. The van der Waals surface area contributed by atoms with Gasteiger partial charge in [0.05, 0.1) is 6.54 Å². The second-order valence-electron chi connectivity index (χ2n) is 6.56. The highest BCUT2D eigenvalue weighted by Gasteiger charge is 2.51. The van der Waals surface area contributed by atoms with Crippen molar-refractivity contribution < 1.29 is 5.11 Å². The van der Waals surface area contributed by atoms with Crippen molar-refractivity contribution in [3.63, 3.8) is 0 Å². The van der Waals surface area contributed by atoms with Crippen LogP contribution >= 0.6 is 11.6 Å². The van der Waals surface area contributed by atoms with Crippen LogP contribution in [0.5, 0.6) is 0 Å². The Morgan fingerprint density at radius 2 is 2.05 bits per heavy atom. The van der Waals surface area contributed by atoms with Crippen LogP contribution in [-0.4, -0.2) is 25.5 Å². The maximum absolute atomic E-state index is 11.4. The van der Waals surface area contributed by atoms with Crippen molar-refractivity contribution in [2.75, 3.05) is 0 Å². The maximum atomic E-state index is 11.4. The molecule has 1 aliphatic carbocycles. The Morgan fingerprint density at radius 1 is 1.32 bits per heavy atom. The molecule has 3 rings (SSSR count). The summed E-state index contributed by atoms with van der Waals surface area (Å²) >= 11 is 5.94. The highest BCUT2D eigenvalue weighted by molar-refractivity contribution is 6.30. The molecule has 1 heterocycles. The zero-order chi connectivity index (χ0) is 15.8. The van der Waals surface area contributed by atoms with Gasteiger partial charge in [-0.3, -0.25) is 0 Å². The van der Waals surface area contributed by atoms with Crippen LogP contribution in [0.25, 0.3) is 6.08 Å². The van der Waals surface area contributed by atoms with Crippen molar-refractivity contribution in [1.29, 1.82) is 0 Å². The third-order valence-corrected chi connectivity index (χ3v) is 4.99. The number of hydrogen-bond acceptors (Lipinski definition) is 3. The zero-order valence-corrected chi connectivity index (χ0v) is 13.6. The molecule has 22 heavy (non-hydrogen) atoms. The van der Waals surface area contributed by atoms with Gasteiger partial charge in [0.25, 0.3) is 0 Å². The summed E-state index contributed by atoms with van der Waals surface area (Å²) < 4.78 is 1.70. The predicted octanol–water partition coefficient (Wildman–Crippen LogP) is 3.57. The Kier molecular flexibility index (Phi) is 3.83. The number of aromatic nitrogens is 3. The van der Waals surface area contributed by atoms with Gasteiger partial charge < -0.3 is 5.11 Å². The monoisotopic (exact) mass is 317 g/mol. The first kappa shape index (κ1) is 15.3. The van der Waals surface area contributed by atoms with Crippen molar-refractivity contribution in [2.45, 2.75) is 38.8 Å². The molecule has 1 aromatic carbocycles. The normalized spacial score (nSPS) is 25.7. The average molecular weight is 318 g/mol. The molecule has 1 aliphatic rings. The third kappa shape index (κ3) is 2.69. The van der Waals surface area contributed by atoms with Crippen molar-refractivity contribution in [1.82, 2.24) is 14.8 Å². The Bertz CT molecular complexity index is 676. The number of halogens is 1. The first-order chi connectivity index (χ1) is 10.4. The second kappa shape index (κ2) is 5.52. The Morgan fingerprint density at radius 3 is 2.68 bits per heavy atom. The lowest BCUT2D eigenvalue weighted by Gasteiger charge is -2.37. The van der Waals surface area contributed by atoms with Crippen LogP contribution in [0.3, 0.4) is 0 Å². The topological polar surface area (TPSA) is 50.9 Å². The van der Waals surface area contributed by atoms with E-state index in [1.807, 2.05) is 24.3 Å². The minimum absolute atomic E-state index is 0.211. The molecule has 1 atom stereocenters. The second-order valence-corrected chi connectivity index (χ2v) is 6.99. The summed E-state index contributed by atoms with van der Waals surface area (Å²) in [5, 5.41) is 16.2. The fraction of sp³-hybridized carbons (Fsp3) is 0.412. The molecule has 0 unspecified atom stereocenters. The molecule has 1 fully saturated rings. The number of nitrogens with zero attached hydrogens (tertiary/aromatic N) is 3. The molecule has 0 radical (unpaired) electrons. The maximum Gasteiger partial charge on any atom is 0.137 e. The first-order valence-corrected chi connectivity index (χ1v) is 7.80. The van der Waals surface area contributed by atoms with E-state index >= 15 is 0 Å². The molecule has 0 saturated heterocycles. The minimum atomic E-state index is -0.930. The van der Waals surface area contributed by atoms with Gasteiger partial charge in [0.15, 0.2) is 0 Å². The summed E-state index contributed by atoms with van der Waals surface area (Å²) in [6.45, 7) is 4.62. The summed E-state index contributed by atoms with van der Waals surface area (Å²) in [7, 11) is 0. The summed E-state index contributed by atoms with van der Waals surface area (Å²) in [6, 6.07) is 7.67. The molecule has 116 valence electrons. The summed E-state index contributed by atoms with van der Waals surface area (Å²) in [6.07, 6.45) is 7.03. The standard InChI is InChI=1S/C17H20ClN3O/c1-16(2)8-7-14(9-13-3-5-15(18)6-4-13)17(16,22)10-21-12-19-11-20-21/h3-6,9,11-12,22H,7-8,10H2,1-2H3/b14-9-/t17-/m0/s1. The van der Waals surface area contributed by atoms with Crippen LogP contribution in [0.15, 0.2) is 42.5 Å². The minimum Gasteiger partial charge on any atom is -0.383 e. The van der Waals surface area contributed by atoms with E-state index in [9.17, 15) is 5.11 Å². The number of hydrogen-bond donors (Lipinski definition) is 1. The highest BCUT2D eigenvalue weighted by atomic mass is 35.5. The highest BCUT2D eigenvalue weighted by Crippen LogP contribution is 2.50. The predicted molar refractivity (Wildman–Crippen MR) is 87.4 cm³/mol. The molecule has 0 amide bonds. The van der Waals surface area contributed by atoms with Crippen LogP contribution in [-0.2, 0) is 6.54 Å². The quantitative estimate of drug-likeness (QED) is 0.941. The first-order valence-electron chi connectivity index (χ1n) is 7.42. The fourth-order valence-corrected chi connectivity index (χ4v) is 3.24. The van der Waals surface area contributed by atoms with Crippen LogP contribution in [0, 0.1) is 5.41 Å². The third-order valence-electron chi connectivity index (χ3n) is 4.74. The van der Waals surface area contributed by atoms with Crippen LogP contribution in [0.2, 0.25) is 5.02 Å². The van der Waals surface area contributed by atoms with E-state index in [2.05, 4.69) is 30.0 Å². The van der Waals surface area contributed by atoms with E-state index in [1.165, 1.54) is 6.33 Å². The molecule has 1 aromatic heterocycles. The van der Waals surface area contributed by atoms with Gasteiger partial charge in [-0.15, -0.1) is 0 Å². The van der Waals surface area contributed by atoms with Gasteiger partial charge >= 0.3 is 0 Å². The Hall–Kier alpha value is -1.65. The molecule has 4 nitrogen and oxygen atoms in total. The van der Waals surface area contributed by atoms with Gasteiger partial charge in [-0.2, -0.15) is 5.10 Å². The van der Waals surface area contributed by atoms with Gasteiger partial charge in [0, 0.05) is 5.02 Å². The summed E-state index contributed by atoms with van der Waals surface area (Å²) in [4.78, 5) is 3.97. The Labute approximate surface area is 135 Å². The Balaban J connectivity index is 1.97. The van der Waals surface area contributed by atoms with Gasteiger partial charge in [-0.1, -0.05) is 43.7 Å². The van der Waals surface area contributed by atoms with E-state index in [4.69, 9.17) is 11.6 Å². The SMILES string of the molecule is CC1(C)CC/C(=C/c2ccc(Cl)cc2)[C@@]1(O)Cn1cncn1. The van der Waals surface area contributed by atoms with Gasteiger partial charge in [0.2, 0.25) is 0 Å².